The number of nitrogens with one attached hydrogen (secondary N) is 1. The van der Waals surface area contributed by atoms with Crippen molar-refractivity contribution in [2.45, 2.75) is 58.0 Å². The van der Waals surface area contributed by atoms with Gasteiger partial charge in [-0.25, -0.2) is 4.79 Å². The molecule has 0 aliphatic heterocycles. The summed E-state index contributed by atoms with van der Waals surface area (Å²) in [5, 5.41) is 0. The van der Waals surface area contributed by atoms with E-state index in [1.807, 2.05) is 25.1 Å². The van der Waals surface area contributed by atoms with Crippen molar-refractivity contribution < 1.29 is 23.8 Å². The van der Waals surface area contributed by atoms with E-state index >= 15 is 0 Å². The van der Waals surface area contributed by atoms with Gasteiger partial charge in [0.05, 0.1) is 14.2 Å². The van der Waals surface area contributed by atoms with E-state index in [2.05, 4.69) is 11.9 Å². The molecule has 0 spiro atoms. The molecule has 4 rings (SSSR count). The highest BCUT2D eigenvalue weighted by Gasteiger charge is 2.34. The Kier molecular flexibility index (Phi) is 5.58. The lowest BCUT2D eigenvalue weighted by Crippen LogP contribution is -2.21. The molecule has 0 radical (unpaired) electrons. The van der Waals surface area contributed by atoms with E-state index in [0.717, 1.165) is 30.5 Å². The second kappa shape index (κ2) is 8.17. The van der Waals surface area contributed by atoms with Crippen molar-refractivity contribution >= 4 is 11.8 Å². The first-order chi connectivity index (χ1) is 14.4. The van der Waals surface area contributed by atoms with Crippen LogP contribution in [0, 0.1) is 12.8 Å². The van der Waals surface area contributed by atoms with Gasteiger partial charge in [0.1, 0.15) is 11.8 Å². The number of hydrogen-bond acceptors (Lipinski definition) is 5. The number of carbonyl (C=O) groups excluding carboxylic acids is 2. The van der Waals surface area contributed by atoms with Crippen LogP contribution in [0.4, 0.5) is 0 Å². The van der Waals surface area contributed by atoms with Gasteiger partial charge in [-0.05, 0) is 67.7 Å². The number of aromatic amines is 1. The summed E-state index contributed by atoms with van der Waals surface area (Å²) in [6, 6.07) is 5.75. The number of ketones is 1. The van der Waals surface area contributed by atoms with E-state index < -0.39 is 0 Å². The van der Waals surface area contributed by atoms with Crippen LogP contribution in [-0.2, 0) is 11.2 Å². The summed E-state index contributed by atoms with van der Waals surface area (Å²) in [6.45, 7) is 3.95. The van der Waals surface area contributed by atoms with E-state index in [-0.39, 0.29) is 23.8 Å². The molecule has 1 fully saturated rings. The molecular formula is C24H29NO5. The third kappa shape index (κ3) is 3.59. The van der Waals surface area contributed by atoms with Crippen molar-refractivity contribution in [1.29, 1.82) is 0 Å². The van der Waals surface area contributed by atoms with Crippen LogP contribution in [0.2, 0.25) is 0 Å². The van der Waals surface area contributed by atoms with Crippen LogP contribution < -0.4 is 9.47 Å². The van der Waals surface area contributed by atoms with Crippen LogP contribution in [0.3, 0.4) is 0 Å². The Morgan fingerprint density at radius 2 is 1.87 bits per heavy atom. The first-order valence-corrected chi connectivity index (χ1v) is 10.6. The molecule has 0 saturated heterocycles. The summed E-state index contributed by atoms with van der Waals surface area (Å²) >= 11 is 0. The number of aromatic nitrogens is 1. The summed E-state index contributed by atoms with van der Waals surface area (Å²) in [4.78, 5) is 29.0. The highest BCUT2D eigenvalue weighted by atomic mass is 16.5. The molecule has 0 unspecified atom stereocenters. The number of benzene rings is 1. The van der Waals surface area contributed by atoms with Gasteiger partial charge in [0.2, 0.25) is 0 Å². The Morgan fingerprint density at radius 1 is 1.10 bits per heavy atom. The van der Waals surface area contributed by atoms with Crippen LogP contribution in [-0.4, -0.2) is 37.1 Å². The number of fused-ring (bicyclic) bond motifs is 1. The van der Waals surface area contributed by atoms with Crippen LogP contribution in [0.1, 0.15) is 76.2 Å². The predicted octanol–water partition coefficient (Wildman–Crippen LogP) is 4.60. The number of carbonyl (C=O) groups is 2. The molecule has 3 atom stereocenters. The van der Waals surface area contributed by atoms with Crippen molar-refractivity contribution in [3.8, 4) is 11.5 Å². The number of H-pyrrole nitrogens is 1. The highest BCUT2D eigenvalue weighted by Crippen LogP contribution is 2.38. The monoisotopic (exact) mass is 411 g/mol. The van der Waals surface area contributed by atoms with Crippen LogP contribution in [0.15, 0.2) is 18.2 Å². The molecule has 2 aliphatic carbocycles. The molecule has 1 aromatic carbocycles. The van der Waals surface area contributed by atoms with Gasteiger partial charge in [-0.3, -0.25) is 4.79 Å². The second-order valence-electron chi connectivity index (χ2n) is 8.47. The fourth-order valence-corrected chi connectivity index (χ4v) is 4.86. The normalized spacial score (nSPS) is 23.2. The van der Waals surface area contributed by atoms with Gasteiger partial charge in [0, 0.05) is 17.7 Å². The van der Waals surface area contributed by atoms with E-state index in [9.17, 15) is 9.59 Å². The Morgan fingerprint density at radius 3 is 2.53 bits per heavy atom. The standard InChI is InChI=1S/C24H29NO5/c1-13-6-5-7-19(13)30-24(27)23-14(2)22-17(25-23)10-16(11-18(22)26)15-8-9-20(28-3)21(12-15)29-4/h8-9,12-13,16,19,25H,5-7,10-11H2,1-4H3/t13-,16+,19-/m0/s1. The van der Waals surface area contributed by atoms with Crippen molar-refractivity contribution in [2.75, 3.05) is 14.2 Å². The second-order valence-corrected chi connectivity index (χ2v) is 8.47. The van der Waals surface area contributed by atoms with Gasteiger partial charge in [0.25, 0.3) is 0 Å². The van der Waals surface area contributed by atoms with Crippen molar-refractivity contribution in [2.24, 2.45) is 5.92 Å². The molecule has 6 heteroatoms. The number of ether oxygens (including phenoxy) is 3. The van der Waals surface area contributed by atoms with Crippen molar-refractivity contribution in [3.63, 3.8) is 0 Å². The Labute approximate surface area is 176 Å². The number of rotatable bonds is 5. The number of hydrogen-bond donors (Lipinski definition) is 1. The molecule has 2 aliphatic rings. The molecule has 6 nitrogen and oxygen atoms in total. The van der Waals surface area contributed by atoms with E-state index in [1.54, 1.807) is 14.2 Å². The largest absolute Gasteiger partial charge is 0.493 e. The Balaban J connectivity index is 1.59. The maximum Gasteiger partial charge on any atom is 0.355 e. The molecule has 160 valence electrons. The molecule has 1 heterocycles. The molecule has 0 bridgehead atoms. The van der Waals surface area contributed by atoms with Gasteiger partial charge in [0.15, 0.2) is 17.3 Å². The lowest BCUT2D eigenvalue weighted by molar-refractivity contribution is 0.0219. The molecule has 1 saturated carbocycles. The van der Waals surface area contributed by atoms with Gasteiger partial charge < -0.3 is 19.2 Å². The first kappa shape index (κ1) is 20.5. The average Bonchev–Trinajstić information content (AvgIpc) is 3.30. The molecule has 1 aromatic heterocycles. The van der Waals surface area contributed by atoms with Crippen molar-refractivity contribution in [3.05, 3.63) is 46.3 Å². The minimum atomic E-state index is -0.351. The summed E-state index contributed by atoms with van der Waals surface area (Å²) in [6.07, 6.45) is 4.11. The number of esters is 1. The first-order valence-electron chi connectivity index (χ1n) is 10.6. The third-order valence-corrected chi connectivity index (χ3v) is 6.61. The van der Waals surface area contributed by atoms with E-state index in [1.165, 1.54) is 0 Å². The summed E-state index contributed by atoms with van der Waals surface area (Å²) in [5.41, 5.74) is 3.60. The quantitative estimate of drug-likeness (QED) is 0.728. The van der Waals surface area contributed by atoms with Gasteiger partial charge in [-0.1, -0.05) is 13.0 Å². The molecular weight excluding hydrogens is 382 g/mol. The average molecular weight is 411 g/mol. The van der Waals surface area contributed by atoms with Crippen LogP contribution >= 0.6 is 0 Å². The fourth-order valence-electron chi connectivity index (χ4n) is 4.86. The topological polar surface area (TPSA) is 77.6 Å². The van der Waals surface area contributed by atoms with Gasteiger partial charge in [-0.15, -0.1) is 0 Å². The SMILES string of the molecule is COc1ccc([C@H]2CC(=O)c3c([nH]c(C(=O)O[C@H]4CCC[C@@H]4C)c3C)C2)cc1OC. The zero-order chi connectivity index (χ0) is 21.4. The zero-order valence-electron chi connectivity index (χ0n) is 18.0. The maximum absolute atomic E-state index is 13.0. The Bertz CT molecular complexity index is 976. The summed E-state index contributed by atoms with van der Waals surface area (Å²) in [5.74, 6) is 1.41. The minimum absolute atomic E-state index is 0.0154. The van der Waals surface area contributed by atoms with E-state index in [4.69, 9.17) is 14.2 Å². The maximum atomic E-state index is 13.0. The molecule has 0 amide bonds. The highest BCUT2D eigenvalue weighted by molar-refractivity contribution is 6.03. The fraction of sp³-hybridized carbons (Fsp3) is 0.500. The van der Waals surface area contributed by atoms with Gasteiger partial charge in [-0.2, -0.15) is 0 Å². The number of methoxy groups -OCH3 is 2. The van der Waals surface area contributed by atoms with Gasteiger partial charge >= 0.3 is 5.97 Å². The molecule has 1 N–H and O–H groups in total. The smallest absolute Gasteiger partial charge is 0.355 e. The lowest BCUT2D eigenvalue weighted by atomic mass is 9.81. The summed E-state index contributed by atoms with van der Waals surface area (Å²) < 4.78 is 16.5. The van der Waals surface area contributed by atoms with Crippen LogP contribution in [0.25, 0.3) is 0 Å². The minimum Gasteiger partial charge on any atom is -0.493 e. The molecule has 30 heavy (non-hydrogen) atoms. The van der Waals surface area contributed by atoms with Crippen LogP contribution in [0.5, 0.6) is 11.5 Å². The van der Waals surface area contributed by atoms with Crippen molar-refractivity contribution in [1.82, 2.24) is 4.98 Å². The predicted molar refractivity (Wildman–Crippen MR) is 113 cm³/mol. The third-order valence-electron chi connectivity index (χ3n) is 6.61. The zero-order valence-corrected chi connectivity index (χ0v) is 18.0. The Hall–Kier alpha value is -2.76. The molecule has 2 aromatic rings. The number of Topliss-reactive ketones (excluding diaryl/α,β-unsaturated/α-hetero) is 1. The lowest BCUT2D eigenvalue weighted by Gasteiger charge is -2.23. The summed E-state index contributed by atoms with van der Waals surface area (Å²) in [7, 11) is 3.20. The van der Waals surface area contributed by atoms with E-state index in [0.29, 0.717) is 47.1 Å².